The Hall–Kier alpha value is -1.79. The molecule has 2 saturated heterocycles. The fraction of sp³-hybridized carbons (Fsp3) is 0.889. The summed E-state index contributed by atoms with van der Waals surface area (Å²) in [6.07, 6.45) is 43.3. The summed E-state index contributed by atoms with van der Waals surface area (Å²) in [5.74, 6) is -0.237. The van der Waals surface area contributed by atoms with Crippen molar-refractivity contribution in [3.05, 3.63) is 36.5 Å². The number of ether oxygens (including phenoxy) is 4. The molecule has 1 amide bonds. The highest BCUT2D eigenvalue weighted by molar-refractivity contribution is 5.76. The van der Waals surface area contributed by atoms with Crippen LogP contribution in [-0.4, -0.2) is 140 Å². The van der Waals surface area contributed by atoms with Crippen LogP contribution in [0.3, 0.4) is 0 Å². The quantitative estimate of drug-likeness (QED) is 0.0204. The van der Waals surface area contributed by atoms with Crippen LogP contribution < -0.4 is 5.32 Å². The number of allylic oxidation sites excluding steroid dienone is 5. The fourth-order valence-electron chi connectivity index (χ4n) is 10.4. The smallest absolute Gasteiger partial charge is 0.220 e. The number of carbonyl (C=O) groups excluding carboxylic acids is 1. The van der Waals surface area contributed by atoms with Crippen LogP contribution in [0.1, 0.15) is 264 Å². The molecule has 2 fully saturated rings. The van der Waals surface area contributed by atoms with Crippen LogP contribution in [0.15, 0.2) is 36.5 Å². The van der Waals surface area contributed by atoms with Crippen LogP contribution in [0.2, 0.25) is 0 Å². The van der Waals surface area contributed by atoms with Gasteiger partial charge < -0.3 is 65.1 Å². The van der Waals surface area contributed by atoms with Gasteiger partial charge in [0.1, 0.15) is 48.8 Å². The van der Waals surface area contributed by atoms with E-state index in [-0.39, 0.29) is 18.9 Å². The van der Waals surface area contributed by atoms with E-state index in [0.717, 1.165) is 44.9 Å². The second-order valence-electron chi connectivity index (χ2n) is 22.5. The van der Waals surface area contributed by atoms with E-state index in [1.165, 1.54) is 193 Å². The summed E-state index contributed by atoms with van der Waals surface area (Å²) < 4.78 is 22.8. The molecule has 0 aromatic rings. The predicted molar refractivity (Wildman–Crippen MR) is 309 cm³/mol. The summed E-state index contributed by atoms with van der Waals surface area (Å²) >= 11 is 0. The van der Waals surface area contributed by atoms with Crippen molar-refractivity contribution in [1.82, 2.24) is 5.32 Å². The first-order valence-electron chi connectivity index (χ1n) is 31.7. The summed E-state index contributed by atoms with van der Waals surface area (Å²) in [7, 11) is 0. The molecule has 0 saturated carbocycles. The lowest BCUT2D eigenvalue weighted by Crippen LogP contribution is -2.65. The van der Waals surface area contributed by atoms with Crippen molar-refractivity contribution < 1.29 is 64.6 Å². The van der Waals surface area contributed by atoms with Gasteiger partial charge in [0.2, 0.25) is 5.91 Å². The number of hydrogen-bond acceptors (Lipinski definition) is 13. The highest BCUT2D eigenvalue weighted by Crippen LogP contribution is 2.30. The molecule has 0 aromatic heterocycles. The standard InChI is InChI=1S/C63H117NO13/c1-3-5-7-9-11-13-15-17-19-21-22-23-24-25-26-27-28-29-30-31-33-35-37-39-41-43-45-47-55(68)64-51(52(67)46-44-42-40-38-36-34-32-20-18-16-14-12-10-8-6-4-2)50-74-62-60(73)58(71)61(54(49-66)76-62)77-63-59(72)57(70)56(69)53(48-65)75-63/h15,17,21-22,44,46,51-54,56-63,65-67,69-73H,3-14,16,18-20,23-43,45,47-50H2,1-2H3,(H,64,68)/b17-15-,22-21-,46-44+. The molecule has 2 aliphatic heterocycles. The lowest BCUT2D eigenvalue weighted by molar-refractivity contribution is -0.359. The zero-order chi connectivity index (χ0) is 56.0. The second kappa shape index (κ2) is 48.9. The molecule has 12 unspecified atom stereocenters. The second-order valence-corrected chi connectivity index (χ2v) is 22.5. The van der Waals surface area contributed by atoms with E-state index in [9.17, 15) is 45.6 Å². The number of aliphatic hydroxyl groups is 8. The van der Waals surface area contributed by atoms with Crippen molar-refractivity contribution in [2.24, 2.45) is 0 Å². The van der Waals surface area contributed by atoms with Crippen LogP contribution in [0, 0.1) is 0 Å². The third-order valence-corrected chi connectivity index (χ3v) is 15.6. The third-order valence-electron chi connectivity index (χ3n) is 15.6. The number of carbonyl (C=O) groups is 1. The van der Waals surface area contributed by atoms with Crippen molar-refractivity contribution >= 4 is 5.91 Å². The normalized spacial score (nSPS) is 24.9. The molecule has 9 N–H and O–H groups in total. The van der Waals surface area contributed by atoms with Crippen LogP contribution in [0.4, 0.5) is 0 Å². The lowest BCUT2D eigenvalue weighted by atomic mass is 9.97. The summed E-state index contributed by atoms with van der Waals surface area (Å²) in [5, 5.41) is 87.2. The monoisotopic (exact) mass is 1100 g/mol. The van der Waals surface area contributed by atoms with Gasteiger partial charge in [0.25, 0.3) is 0 Å². The molecule has 0 spiro atoms. The Labute approximate surface area is 468 Å². The molecule has 77 heavy (non-hydrogen) atoms. The lowest BCUT2D eigenvalue weighted by Gasteiger charge is -2.46. The third kappa shape index (κ3) is 34.3. The first kappa shape index (κ1) is 71.3. The van der Waals surface area contributed by atoms with Gasteiger partial charge in [-0.3, -0.25) is 4.79 Å². The van der Waals surface area contributed by atoms with E-state index in [1.807, 2.05) is 6.08 Å². The molecule has 2 aliphatic rings. The minimum absolute atomic E-state index is 0.237. The highest BCUT2D eigenvalue weighted by Gasteiger charge is 2.51. The number of rotatable bonds is 51. The molecular formula is C63H117NO13. The van der Waals surface area contributed by atoms with Gasteiger partial charge in [0.15, 0.2) is 12.6 Å². The maximum absolute atomic E-state index is 13.3. The van der Waals surface area contributed by atoms with Gasteiger partial charge in [-0.15, -0.1) is 0 Å². The number of hydrogen-bond donors (Lipinski definition) is 9. The van der Waals surface area contributed by atoms with Gasteiger partial charge in [-0.05, 0) is 51.4 Å². The summed E-state index contributed by atoms with van der Waals surface area (Å²) in [5.41, 5.74) is 0. The Balaban J connectivity index is 1.70. The molecule has 14 heteroatoms. The molecular weight excluding hydrogens is 979 g/mol. The highest BCUT2D eigenvalue weighted by atomic mass is 16.7. The minimum atomic E-state index is -1.79. The van der Waals surface area contributed by atoms with Gasteiger partial charge in [-0.2, -0.15) is 0 Å². The molecule has 2 heterocycles. The molecule has 14 nitrogen and oxygen atoms in total. The van der Waals surface area contributed by atoms with Crippen LogP contribution in [0.25, 0.3) is 0 Å². The maximum Gasteiger partial charge on any atom is 0.220 e. The number of amides is 1. The Morgan fingerprint density at radius 2 is 0.857 bits per heavy atom. The molecule has 0 aromatic carbocycles. The zero-order valence-electron chi connectivity index (χ0n) is 48.7. The first-order valence-corrected chi connectivity index (χ1v) is 31.7. The van der Waals surface area contributed by atoms with Crippen molar-refractivity contribution in [2.45, 2.75) is 338 Å². The maximum atomic E-state index is 13.3. The van der Waals surface area contributed by atoms with E-state index >= 15 is 0 Å². The predicted octanol–water partition coefficient (Wildman–Crippen LogP) is 11.4. The molecule has 0 bridgehead atoms. The molecule has 2 rings (SSSR count). The molecule has 0 radical (unpaired) electrons. The van der Waals surface area contributed by atoms with Crippen molar-refractivity contribution in [2.75, 3.05) is 19.8 Å². The van der Waals surface area contributed by atoms with Gasteiger partial charge in [0.05, 0.1) is 32.0 Å². The van der Waals surface area contributed by atoms with Gasteiger partial charge in [-0.1, -0.05) is 243 Å². The number of nitrogens with one attached hydrogen (secondary N) is 1. The van der Waals surface area contributed by atoms with E-state index < -0.39 is 86.8 Å². The van der Waals surface area contributed by atoms with Crippen LogP contribution in [-0.2, 0) is 23.7 Å². The van der Waals surface area contributed by atoms with Gasteiger partial charge in [0, 0.05) is 6.42 Å². The Bertz CT molecular complexity index is 1430. The Morgan fingerprint density at radius 3 is 1.30 bits per heavy atom. The van der Waals surface area contributed by atoms with Crippen molar-refractivity contribution in [3.63, 3.8) is 0 Å². The number of aliphatic hydroxyl groups excluding tert-OH is 8. The largest absolute Gasteiger partial charge is 0.394 e. The molecule has 12 atom stereocenters. The van der Waals surface area contributed by atoms with E-state index in [0.29, 0.717) is 6.42 Å². The van der Waals surface area contributed by atoms with Crippen LogP contribution in [0.5, 0.6) is 0 Å². The van der Waals surface area contributed by atoms with E-state index in [1.54, 1.807) is 6.08 Å². The molecule has 452 valence electrons. The SMILES string of the molecule is CCCCCCC/C=C\C/C=C\CCCCCCCCCCCCCCCCCC(=O)NC(COC1OC(CO)C(OC2OC(CO)C(O)C(O)C2O)C(O)C1O)C(O)/C=C/CCCCCCCCCCCCCCCC. The minimum Gasteiger partial charge on any atom is -0.394 e. The first-order chi connectivity index (χ1) is 37.6. The van der Waals surface area contributed by atoms with Gasteiger partial charge >= 0.3 is 0 Å². The van der Waals surface area contributed by atoms with Crippen molar-refractivity contribution in [3.8, 4) is 0 Å². The van der Waals surface area contributed by atoms with E-state index in [4.69, 9.17) is 18.9 Å². The Kier molecular flexibility index (Phi) is 45.3. The van der Waals surface area contributed by atoms with Crippen LogP contribution >= 0.6 is 0 Å². The Morgan fingerprint density at radius 1 is 0.468 bits per heavy atom. The summed E-state index contributed by atoms with van der Waals surface area (Å²) in [4.78, 5) is 13.3. The topological polar surface area (TPSA) is 228 Å². The van der Waals surface area contributed by atoms with E-state index in [2.05, 4.69) is 43.5 Å². The average molecular weight is 1100 g/mol. The van der Waals surface area contributed by atoms with Gasteiger partial charge in [-0.25, -0.2) is 0 Å². The molecule has 0 aliphatic carbocycles. The zero-order valence-corrected chi connectivity index (χ0v) is 48.7. The summed E-state index contributed by atoms with van der Waals surface area (Å²) in [6, 6.07) is -0.913. The number of unbranched alkanes of at least 4 members (excludes halogenated alkanes) is 34. The fourth-order valence-corrected chi connectivity index (χ4v) is 10.4. The van der Waals surface area contributed by atoms with Crippen molar-refractivity contribution in [1.29, 1.82) is 0 Å². The average Bonchev–Trinajstić information content (AvgIpc) is 3.43. The summed E-state index contributed by atoms with van der Waals surface area (Å²) in [6.45, 7) is 2.81.